The molecule has 1 N–H and O–H groups in total. The second-order valence-corrected chi connectivity index (χ2v) is 9.59. The molecule has 0 spiro atoms. The summed E-state index contributed by atoms with van der Waals surface area (Å²) in [5.74, 6) is -1.30. The van der Waals surface area contributed by atoms with Gasteiger partial charge in [-0.1, -0.05) is 36.7 Å². The summed E-state index contributed by atoms with van der Waals surface area (Å²) >= 11 is 7.52. The van der Waals surface area contributed by atoms with Crippen molar-refractivity contribution in [1.29, 1.82) is 0 Å². The molecular formula is C24H17ClF4N6OS. The van der Waals surface area contributed by atoms with Gasteiger partial charge < -0.3 is 5.32 Å². The number of rotatable bonds is 6. The summed E-state index contributed by atoms with van der Waals surface area (Å²) in [6, 6.07) is 11.7. The Balaban J connectivity index is 1.45. The van der Waals surface area contributed by atoms with Gasteiger partial charge in [0, 0.05) is 22.7 Å². The third kappa shape index (κ3) is 5.07. The number of carbonyl (C=O) groups is 1. The zero-order valence-electron chi connectivity index (χ0n) is 19.1. The summed E-state index contributed by atoms with van der Waals surface area (Å²) in [7, 11) is 0. The molecule has 0 atom stereocenters. The van der Waals surface area contributed by atoms with E-state index in [1.165, 1.54) is 28.3 Å². The SMILES string of the molecule is CCc1ccc(-c2cc(C(F)(F)F)n3nc(C(=O)Nc4nn(Cc5ccccc5F)cc4Cl)cc3n2)s1. The van der Waals surface area contributed by atoms with Gasteiger partial charge in [-0.2, -0.15) is 23.4 Å². The Morgan fingerprint density at radius 1 is 1.14 bits per heavy atom. The molecule has 7 nitrogen and oxygen atoms in total. The van der Waals surface area contributed by atoms with Crippen LogP contribution in [0.2, 0.25) is 5.02 Å². The zero-order chi connectivity index (χ0) is 26.3. The quantitative estimate of drug-likeness (QED) is 0.252. The Morgan fingerprint density at radius 3 is 2.62 bits per heavy atom. The van der Waals surface area contributed by atoms with E-state index in [9.17, 15) is 22.4 Å². The summed E-state index contributed by atoms with van der Waals surface area (Å²) in [6.07, 6.45) is -2.60. The van der Waals surface area contributed by atoms with Crippen LogP contribution in [-0.4, -0.2) is 30.3 Å². The number of amides is 1. The number of aryl methyl sites for hydroxylation is 1. The van der Waals surface area contributed by atoms with E-state index in [0.29, 0.717) is 15.0 Å². The fourth-order valence-electron chi connectivity index (χ4n) is 3.65. The second-order valence-electron chi connectivity index (χ2n) is 8.01. The summed E-state index contributed by atoms with van der Waals surface area (Å²) in [5, 5.41) is 10.5. The number of alkyl halides is 3. The molecule has 5 aromatic rings. The van der Waals surface area contributed by atoms with Crippen molar-refractivity contribution in [3.05, 3.63) is 87.4 Å². The van der Waals surface area contributed by atoms with Crippen molar-refractivity contribution in [3.8, 4) is 10.6 Å². The molecule has 37 heavy (non-hydrogen) atoms. The molecule has 0 fully saturated rings. The average molecular weight is 549 g/mol. The highest BCUT2D eigenvalue weighted by Crippen LogP contribution is 2.34. The van der Waals surface area contributed by atoms with Crippen LogP contribution in [0.5, 0.6) is 0 Å². The van der Waals surface area contributed by atoms with Crippen molar-refractivity contribution < 1.29 is 22.4 Å². The molecule has 0 radical (unpaired) electrons. The van der Waals surface area contributed by atoms with E-state index in [1.54, 1.807) is 24.3 Å². The van der Waals surface area contributed by atoms with Gasteiger partial charge in [-0.15, -0.1) is 11.3 Å². The highest BCUT2D eigenvalue weighted by Gasteiger charge is 2.36. The van der Waals surface area contributed by atoms with Gasteiger partial charge in [0.1, 0.15) is 10.8 Å². The number of fused-ring (bicyclic) bond motifs is 1. The van der Waals surface area contributed by atoms with Crippen LogP contribution in [0, 0.1) is 5.82 Å². The van der Waals surface area contributed by atoms with Gasteiger partial charge in [0.05, 0.1) is 17.1 Å². The molecular weight excluding hydrogens is 532 g/mol. The van der Waals surface area contributed by atoms with E-state index >= 15 is 0 Å². The van der Waals surface area contributed by atoms with E-state index in [4.69, 9.17) is 11.6 Å². The lowest BCUT2D eigenvalue weighted by atomic mass is 10.2. The second kappa shape index (κ2) is 9.60. The molecule has 5 rings (SSSR count). The van der Waals surface area contributed by atoms with Gasteiger partial charge in [0.25, 0.3) is 5.91 Å². The Hall–Kier alpha value is -3.77. The number of anilines is 1. The smallest absolute Gasteiger partial charge is 0.302 e. The predicted molar refractivity (Wildman–Crippen MR) is 131 cm³/mol. The molecule has 13 heteroatoms. The molecule has 190 valence electrons. The van der Waals surface area contributed by atoms with Crippen molar-refractivity contribution in [1.82, 2.24) is 24.4 Å². The summed E-state index contributed by atoms with van der Waals surface area (Å²) in [5.41, 5.74) is -1.03. The van der Waals surface area contributed by atoms with E-state index in [1.807, 2.05) is 13.0 Å². The van der Waals surface area contributed by atoms with E-state index in [0.717, 1.165) is 23.4 Å². The summed E-state index contributed by atoms with van der Waals surface area (Å²) in [6.45, 7) is 2.01. The zero-order valence-corrected chi connectivity index (χ0v) is 20.6. The topological polar surface area (TPSA) is 77.1 Å². The van der Waals surface area contributed by atoms with Crippen LogP contribution in [-0.2, 0) is 19.1 Å². The van der Waals surface area contributed by atoms with Gasteiger partial charge in [-0.3, -0.25) is 9.48 Å². The third-order valence-electron chi connectivity index (χ3n) is 5.45. The highest BCUT2D eigenvalue weighted by molar-refractivity contribution is 7.15. The Morgan fingerprint density at radius 2 is 1.92 bits per heavy atom. The number of hydrogen-bond donors (Lipinski definition) is 1. The molecule has 0 bridgehead atoms. The highest BCUT2D eigenvalue weighted by atomic mass is 35.5. The number of benzene rings is 1. The number of nitrogens with one attached hydrogen (secondary N) is 1. The number of nitrogens with zero attached hydrogens (tertiary/aromatic N) is 5. The van der Waals surface area contributed by atoms with E-state index < -0.39 is 23.6 Å². The largest absolute Gasteiger partial charge is 0.433 e. The molecule has 1 aromatic carbocycles. The van der Waals surface area contributed by atoms with Gasteiger partial charge in [-0.25, -0.2) is 13.9 Å². The van der Waals surface area contributed by atoms with Crippen LogP contribution in [0.15, 0.2) is 54.7 Å². The fourth-order valence-corrected chi connectivity index (χ4v) is 4.76. The van der Waals surface area contributed by atoms with Crippen LogP contribution in [0.25, 0.3) is 16.2 Å². The standard InChI is InChI=1S/C24H17ClF4N6OS/c1-2-14-7-8-19(37-14)17-9-20(24(27,28)29)35-21(30-17)10-18(32-35)23(36)31-22-15(25)12-34(33-22)11-13-5-3-4-6-16(13)26/h3-10,12H,2,11H2,1H3,(H,31,33,36). The summed E-state index contributed by atoms with van der Waals surface area (Å²) in [4.78, 5) is 18.7. The molecule has 4 heterocycles. The molecule has 0 saturated heterocycles. The Bertz CT molecular complexity index is 1620. The average Bonchev–Trinajstić information content (AvgIpc) is 3.58. The predicted octanol–water partition coefficient (Wildman–Crippen LogP) is 6.33. The van der Waals surface area contributed by atoms with Crippen LogP contribution < -0.4 is 5.32 Å². The first-order valence-electron chi connectivity index (χ1n) is 11.0. The number of thiophene rings is 1. The molecule has 0 saturated carbocycles. The lowest BCUT2D eigenvalue weighted by Gasteiger charge is -2.10. The number of halogens is 5. The van der Waals surface area contributed by atoms with Crippen LogP contribution >= 0.6 is 22.9 Å². The van der Waals surface area contributed by atoms with Crippen LogP contribution in [0.3, 0.4) is 0 Å². The van der Waals surface area contributed by atoms with Crippen molar-refractivity contribution in [2.75, 3.05) is 5.32 Å². The number of hydrogen-bond acceptors (Lipinski definition) is 5. The van der Waals surface area contributed by atoms with Gasteiger partial charge >= 0.3 is 6.18 Å². The van der Waals surface area contributed by atoms with Crippen molar-refractivity contribution in [2.24, 2.45) is 0 Å². The monoisotopic (exact) mass is 548 g/mol. The normalized spacial score (nSPS) is 11.8. The minimum Gasteiger partial charge on any atom is -0.302 e. The maximum absolute atomic E-state index is 13.9. The maximum Gasteiger partial charge on any atom is 0.433 e. The first kappa shape index (κ1) is 24.9. The fraction of sp³-hybridized carbons (Fsp3) is 0.167. The molecule has 4 aromatic heterocycles. The van der Waals surface area contributed by atoms with E-state index in [2.05, 4.69) is 20.5 Å². The summed E-state index contributed by atoms with van der Waals surface area (Å²) < 4.78 is 57.5. The first-order chi connectivity index (χ1) is 17.6. The van der Waals surface area contributed by atoms with Crippen LogP contribution in [0.1, 0.15) is 33.5 Å². The van der Waals surface area contributed by atoms with Gasteiger partial charge in [0.2, 0.25) is 0 Å². The lowest BCUT2D eigenvalue weighted by molar-refractivity contribution is -0.142. The molecule has 0 unspecified atom stereocenters. The number of carbonyl (C=O) groups excluding carboxylic acids is 1. The first-order valence-corrected chi connectivity index (χ1v) is 12.2. The molecule has 0 aliphatic rings. The molecule has 0 aliphatic carbocycles. The van der Waals surface area contributed by atoms with Crippen molar-refractivity contribution in [3.63, 3.8) is 0 Å². The number of aromatic nitrogens is 5. The molecule has 1 amide bonds. The van der Waals surface area contributed by atoms with Gasteiger partial charge in [0.15, 0.2) is 22.9 Å². The van der Waals surface area contributed by atoms with Crippen molar-refractivity contribution >= 4 is 40.3 Å². The molecule has 0 aliphatic heterocycles. The minimum absolute atomic E-state index is 0.0459. The van der Waals surface area contributed by atoms with E-state index in [-0.39, 0.29) is 34.4 Å². The Kier molecular flexibility index (Phi) is 6.46. The Labute approximate surface area is 216 Å². The lowest BCUT2D eigenvalue weighted by Crippen LogP contribution is -2.16. The maximum atomic E-state index is 13.9. The third-order valence-corrected chi connectivity index (χ3v) is 6.98. The minimum atomic E-state index is -4.74. The van der Waals surface area contributed by atoms with Crippen molar-refractivity contribution in [2.45, 2.75) is 26.1 Å². The van der Waals surface area contributed by atoms with Crippen LogP contribution in [0.4, 0.5) is 23.4 Å². The van der Waals surface area contributed by atoms with Gasteiger partial charge in [-0.05, 0) is 30.7 Å².